The molecule has 96 valence electrons. The molecule has 2 nitrogen and oxygen atoms in total. The second-order valence-electron chi connectivity index (χ2n) is 4.76. The highest BCUT2D eigenvalue weighted by Crippen LogP contribution is 2.21. The molecule has 0 saturated heterocycles. The fourth-order valence-corrected chi connectivity index (χ4v) is 1.40. The minimum atomic E-state index is -0.918. The van der Waals surface area contributed by atoms with Crippen LogP contribution < -0.4 is 5.32 Å². The van der Waals surface area contributed by atoms with E-state index in [1.807, 2.05) is 0 Å². The molecule has 0 aliphatic heterocycles. The number of aromatic hydroxyl groups is 1. The fraction of sp³-hybridized carbons (Fsp3) is 0.538. The molecule has 1 aromatic rings. The molecule has 1 aromatic carbocycles. The standard InChI is InChI=1S/C13H19F2NO/c1-8(2)9(3)6-16-7-10-4-11(14)13(17)12(15)5-10/h4-5,8-9,16-17H,6-7H2,1-3H3. The number of halogens is 2. The van der Waals surface area contributed by atoms with Crippen LogP contribution in [0, 0.1) is 23.5 Å². The summed E-state index contributed by atoms with van der Waals surface area (Å²) in [7, 11) is 0. The van der Waals surface area contributed by atoms with Crippen molar-refractivity contribution in [3.63, 3.8) is 0 Å². The predicted octanol–water partition coefficient (Wildman–Crippen LogP) is 3.05. The third-order valence-electron chi connectivity index (χ3n) is 3.01. The van der Waals surface area contributed by atoms with Gasteiger partial charge in [0.2, 0.25) is 0 Å². The molecule has 0 aliphatic rings. The number of phenols is 1. The Morgan fingerprint density at radius 2 is 1.71 bits per heavy atom. The SMILES string of the molecule is CC(C)C(C)CNCc1cc(F)c(O)c(F)c1. The molecule has 0 spiro atoms. The van der Waals surface area contributed by atoms with E-state index in [0.29, 0.717) is 23.9 Å². The summed E-state index contributed by atoms with van der Waals surface area (Å²) in [6.07, 6.45) is 0. The molecule has 17 heavy (non-hydrogen) atoms. The number of hydrogen-bond acceptors (Lipinski definition) is 2. The Morgan fingerprint density at radius 1 is 1.18 bits per heavy atom. The van der Waals surface area contributed by atoms with Crippen LogP contribution in [0.25, 0.3) is 0 Å². The van der Waals surface area contributed by atoms with Crippen LogP contribution in [0.4, 0.5) is 8.78 Å². The Balaban J connectivity index is 2.53. The van der Waals surface area contributed by atoms with Crippen LogP contribution in [0.1, 0.15) is 26.3 Å². The Kier molecular flexibility index (Phi) is 4.87. The predicted molar refractivity (Wildman–Crippen MR) is 63.7 cm³/mol. The smallest absolute Gasteiger partial charge is 0.187 e. The van der Waals surface area contributed by atoms with Crippen LogP contribution in [0.3, 0.4) is 0 Å². The lowest BCUT2D eigenvalue weighted by molar-refractivity contribution is 0.387. The van der Waals surface area contributed by atoms with Crippen LogP contribution in [0.2, 0.25) is 0 Å². The van der Waals surface area contributed by atoms with Crippen LogP contribution in [-0.2, 0) is 6.54 Å². The zero-order chi connectivity index (χ0) is 13.0. The highest BCUT2D eigenvalue weighted by Gasteiger charge is 2.10. The number of rotatable bonds is 5. The van der Waals surface area contributed by atoms with Crippen molar-refractivity contribution in [1.29, 1.82) is 0 Å². The van der Waals surface area contributed by atoms with E-state index in [2.05, 4.69) is 26.1 Å². The maximum absolute atomic E-state index is 13.0. The number of phenolic OH excluding ortho intramolecular Hbond substituents is 1. The van der Waals surface area contributed by atoms with Crippen LogP contribution in [0.15, 0.2) is 12.1 Å². The number of nitrogens with one attached hydrogen (secondary N) is 1. The molecule has 2 N–H and O–H groups in total. The topological polar surface area (TPSA) is 32.3 Å². The second-order valence-corrected chi connectivity index (χ2v) is 4.76. The van der Waals surface area contributed by atoms with Gasteiger partial charge < -0.3 is 10.4 Å². The Labute approximate surface area is 101 Å². The quantitative estimate of drug-likeness (QED) is 0.833. The molecular formula is C13H19F2NO. The number of hydrogen-bond donors (Lipinski definition) is 2. The molecule has 0 aliphatic carbocycles. The van der Waals surface area contributed by atoms with Crippen molar-refractivity contribution in [2.45, 2.75) is 27.3 Å². The first-order valence-electron chi connectivity index (χ1n) is 5.79. The van der Waals surface area contributed by atoms with Crippen molar-refractivity contribution in [2.75, 3.05) is 6.54 Å². The molecule has 1 atom stereocenters. The highest BCUT2D eigenvalue weighted by atomic mass is 19.1. The first kappa shape index (κ1) is 13.9. The lowest BCUT2D eigenvalue weighted by atomic mass is 9.98. The minimum absolute atomic E-state index is 0.394. The van der Waals surface area contributed by atoms with E-state index in [4.69, 9.17) is 5.11 Å². The van der Waals surface area contributed by atoms with Gasteiger partial charge in [0, 0.05) is 6.54 Å². The van der Waals surface area contributed by atoms with Gasteiger partial charge in [0.1, 0.15) is 0 Å². The monoisotopic (exact) mass is 243 g/mol. The molecular weight excluding hydrogens is 224 g/mol. The summed E-state index contributed by atoms with van der Waals surface area (Å²) in [5.41, 5.74) is 0.494. The van der Waals surface area contributed by atoms with Crippen molar-refractivity contribution in [1.82, 2.24) is 5.32 Å². The van der Waals surface area contributed by atoms with Gasteiger partial charge in [-0.25, -0.2) is 8.78 Å². The van der Waals surface area contributed by atoms with Gasteiger partial charge in [-0.15, -0.1) is 0 Å². The third-order valence-corrected chi connectivity index (χ3v) is 3.01. The van der Waals surface area contributed by atoms with E-state index in [9.17, 15) is 8.78 Å². The van der Waals surface area contributed by atoms with Crippen LogP contribution in [0.5, 0.6) is 5.75 Å². The van der Waals surface area contributed by atoms with Crippen LogP contribution in [-0.4, -0.2) is 11.7 Å². The molecule has 0 bridgehead atoms. The summed E-state index contributed by atoms with van der Waals surface area (Å²) >= 11 is 0. The van der Waals surface area contributed by atoms with E-state index in [1.165, 1.54) is 0 Å². The van der Waals surface area contributed by atoms with Gasteiger partial charge in [-0.1, -0.05) is 20.8 Å². The van der Waals surface area contributed by atoms with Gasteiger partial charge >= 0.3 is 0 Å². The van der Waals surface area contributed by atoms with Crippen molar-refractivity contribution in [2.24, 2.45) is 11.8 Å². The molecule has 0 heterocycles. The van der Waals surface area contributed by atoms with Crippen molar-refractivity contribution in [3.8, 4) is 5.75 Å². The first-order valence-corrected chi connectivity index (χ1v) is 5.79. The summed E-state index contributed by atoms with van der Waals surface area (Å²) < 4.78 is 26.1. The maximum Gasteiger partial charge on any atom is 0.187 e. The van der Waals surface area contributed by atoms with E-state index < -0.39 is 17.4 Å². The van der Waals surface area contributed by atoms with E-state index in [1.54, 1.807) is 0 Å². The van der Waals surface area contributed by atoms with E-state index in [-0.39, 0.29) is 0 Å². The lowest BCUT2D eigenvalue weighted by Crippen LogP contribution is -2.23. The molecule has 0 fully saturated rings. The van der Waals surface area contributed by atoms with Gasteiger partial charge in [-0.05, 0) is 36.1 Å². The first-order chi connectivity index (χ1) is 7.91. The normalized spacial score (nSPS) is 13.1. The molecule has 0 aromatic heterocycles. The van der Waals surface area contributed by atoms with Crippen molar-refractivity contribution in [3.05, 3.63) is 29.3 Å². The Bertz CT molecular complexity index is 357. The zero-order valence-electron chi connectivity index (χ0n) is 10.4. The van der Waals surface area contributed by atoms with Gasteiger partial charge in [0.05, 0.1) is 0 Å². The van der Waals surface area contributed by atoms with E-state index >= 15 is 0 Å². The maximum atomic E-state index is 13.0. The Morgan fingerprint density at radius 3 is 2.18 bits per heavy atom. The molecule has 4 heteroatoms. The molecule has 0 amide bonds. The number of benzene rings is 1. The molecule has 0 saturated carbocycles. The van der Waals surface area contributed by atoms with Gasteiger partial charge in [0.15, 0.2) is 17.4 Å². The zero-order valence-corrected chi connectivity index (χ0v) is 10.4. The third kappa shape index (κ3) is 3.97. The Hall–Kier alpha value is -1.16. The summed E-state index contributed by atoms with van der Waals surface area (Å²) in [5.74, 6) is -1.68. The largest absolute Gasteiger partial charge is 0.503 e. The summed E-state index contributed by atoms with van der Waals surface area (Å²) in [4.78, 5) is 0. The molecule has 0 radical (unpaired) electrons. The van der Waals surface area contributed by atoms with Crippen molar-refractivity contribution >= 4 is 0 Å². The summed E-state index contributed by atoms with van der Waals surface area (Å²) in [6.45, 7) is 7.57. The fourth-order valence-electron chi connectivity index (χ4n) is 1.40. The highest BCUT2D eigenvalue weighted by molar-refractivity contribution is 5.29. The molecule has 1 rings (SSSR count). The second kappa shape index (κ2) is 5.96. The average Bonchev–Trinajstić information content (AvgIpc) is 2.25. The minimum Gasteiger partial charge on any atom is -0.503 e. The van der Waals surface area contributed by atoms with Gasteiger partial charge in [-0.3, -0.25) is 0 Å². The van der Waals surface area contributed by atoms with Gasteiger partial charge in [-0.2, -0.15) is 0 Å². The lowest BCUT2D eigenvalue weighted by Gasteiger charge is -2.16. The molecule has 1 unspecified atom stereocenters. The van der Waals surface area contributed by atoms with Gasteiger partial charge in [0.25, 0.3) is 0 Å². The van der Waals surface area contributed by atoms with E-state index in [0.717, 1.165) is 18.7 Å². The van der Waals surface area contributed by atoms with Crippen molar-refractivity contribution < 1.29 is 13.9 Å². The average molecular weight is 243 g/mol. The summed E-state index contributed by atoms with van der Waals surface area (Å²) in [6, 6.07) is 2.29. The summed E-state index contributed by atoms with van der Waals surface area (Å²) in [5, 5.41) is 12.1. The van der Waals surface area contributed by atoms with Crippen LogP contribution >= 0.6 is 0 Å².